The highest BCUT2D eigenvalue weighted by atomic mass is 19.4. The lowest BCUT2D eigenvalue weighted by molar-refractivity contribution is -0.396. The predicted octanol–water partition coefficient (Wildman–Crippen LogP) is 10.3. The van der Waals surface area contributed by atoms with Crippen LogP contribution in [0.5, 0.6) is 5.75 Å². The molecule has 0 spiro atoms. The number of benzene rings is 1. The second-order valence-corrected chi connectivity index (χ2v) is 14.8. The first-order valence-corrected chi connectivity index (χ1v) is 17.2. The van der Waals surface area contributed by atoms with Crippen molar-refractivity contribution in [3.8, 4) is 5.75 Å². The lowest BCUT2D eigenvalue weighted by Gasteiger charge is -2.54. The van der Waals surface area contributed by atoms with Gasteiger partial charge in [-0.2, -0.15) is 39.5 Å². The van der Waals surface area contributed by atoms with Gasteiger partial charge in [0, 0.05) is 6.42 Å². The Hall–Kier alpha value is -2.18. The fourth-order valence-electron chi connectivity index (χ4n) is 9.12. The second-order valence-electron chi connectivity index (χ2n) is 14.8. The molecule has 0 saturated heterocycles. The summed E-state index contributed by atoms with van der Waals surface area (Å²) in [6.45, 7) is 2.24. The summed E-state index contributed by atoms with van der Waals surface area (Å²) in [5, 5.41) is 30.3. The second kappa shape index (κ2) is 14.6. The molecule has 0 bridgehead atoms. The maximum Gasteiger partial charge on any atom is 0.460 e. The van der Waals surface area contributed by atoms with E-state index in [1.165, 1.54) is 11.1 Å². The largest absolute Gasteiger partial charge is 0.508 e. The fourth-order valence-corrected chi connectivity index (χ4v) is 9.12. The van der Waals surface area contributed by atoms with Crippen molar-refractivity contribution in [2.45, 2.75) is 146 Å². The van der Waals surface area contributed by atoms with Gasteiger partial charge >= 0.3 is 29.9 Å². The molecular formula is C35H47F9O4. The number of aliphatic carboxylic acids is 1. The molecule has 3 aliphatic rings. The Labute approximate surface area is 275 Å². The van der Waals surface area contributed by atoms with Crippen molar-refractivity contribution in [2.24, 2.45) is 29.1 Å². The molecule has 1 unspecified atom stereocenters. The lowest BCUT2D eigenvalue weighted by atomic mass is 9.51. The highest BCUT2D eigenvalue weighted by Gasteiger charge is 2.81. The van der Waals surface area contributed by atoms with E-state index in [1.54, 1.807) is 6.07 Å². The Balaban J connectivity index is 1.20. The molecule has 3 aliphatic carbocycles. The van der Waals surface area contributed by atoms with Crippen LogP contribution in [-0.2, 0) is 11.2 Å². The number of aromatic hydroxyl groups is 1. The normalized spacial score (nSPS) is 28.4. The molecule has 2 fully saturated rings. The van der Waals surface area contributed by atoms with Crippen LogP contribution in [0.15, 0.2) is 18.2 Å². The monoisotopic (exact) mass is 702 g/mol. The number of carboxylic acids is 1. The Kier molecular flexibility index (Phi) is 11.7. The van der Waals surface area contributed by atoms with Crippen LogP contribution in [0, 0.1) is 29.1 Å². The molecule has 0 aromatic heterocycles. The van der Waals surface area contributed by atoms with Crippen molar-refractivity contribution >= 4 is 5.97 Å². The minimum Gasteiger partial charge on any atom is -0.508 e. The molecule has 7 atom stereocenters. The van der Waals surface area contributed by atoms with Crippen LogP contribution in [0.1, 0.15) is 120 Å². The zero-order valence-corrected chi connectivity index (χ0v) is 27.2. The third-order valence-corrected chi connectivity index (χ3v) is 11.8. The number of carbonyl (C=O) groups is 1. The van der Waals surface area contributed by atoms with Gasteiger partial charge in [-0.15, -0.1) is 0 Å². The maximum absolute atomic E-state index is 13.9. The highest BCUT2D eigenvalue weighted by molar-refractivity contribution is 5.69. The van der Waals surface area contributed by atoms with Gasteiger partial charge in [0.2, 0.25) is 0 Å². The van der Waals surface area contributed by atoms with Crippen molar-refractivity contribution in [3.63, 3.8) is 0 Å². The van der Waals surface area contributed by atoms with E-state index in [0.29, 0.717) is 36.5 Å². The van der Waals surface area contributed by atoms with E-state index in [9.17, 15) is 59.6 Å². The molecule has 0 amide bonds. The SMILES string of the molecule is C[C@]12C[C@H](CCCCCCCCCC(CCC(F)(F)C(F)(F)C(F)(F)C(F)(F)F)C(=O)O)[C@@H]3c4ccc(O)cc4CC[C@H]3[C@@H]1CC[C@@H]2O. The number of alkyl halides is 9. The topological polar surface area (TPSA) is 77.8 Å². The average Bonchev–Trinajstić information content (AvgIpc) is 3.29. The van der Waals surface area contributed by atoms with E-state index in [-0.39, 0.29) is 30.1 Å². The van der Waals surface area contributed by atoms with Gasteiger partial charge in [-0.05, 0) is 104 Å². The maximum atomic E-state index is 13.9. The quantitative estimate of drug-likeness (QED) is 0.118. The van der Waals surface area contributed by atoms with Crippen molar-refractivity contribution in [1.29, 1.82) is 0 Å². The summed E-state index contributed by atoms with van der Waals surface area (Å²) in [7, 11) is 0. The predicted molar refractivity (Wildman–Crippen MR) is 160 cm³/mol. The van der Waals surface area contributed by atoms with Crippen molar-refractivity contribution in [1.82, 2.24) is 0 Å². The zero-order chi connectivity index (χ0) is 35.7. The summed E-state index contributed by atoms with van der Waals surface area (Å²) >= 11 is 0. The van der Waals surface area contributed by atoms with Crippen LogP contribution in [0.3, 0.4) is 0 Å². The summed E-state index contributed by atoms with van der Waals surface area (Å²) in [6, 6.07) is 5.72. The summed E-state index contributed by atoms with van der Waals surface area (Å²) < 4.78 is 118. The lowest BCUT2D eigenvalue weighted by Crippen LogP contribution is -2.60. The minimum atomic E-state index is -6.98. The Morgan fingerprint density at radius 3 is 2.12 bits per heavy atom. The molecule has 48 heavy (non-hydrogen) atoms. The Bertz CT molecular complexity index is 1250. The first-order chi connectivity index (χ1) is 22.2. The Morgan fingerprint density at radius 2 is 1.50 bits per heavy atom. The van der Waals surface area contributed by atoms with Crippen molar-refractivity contribution < 1.29 is 59.6 Å². The van der Waals surface area contributed by atoms with E-state index >= 15 is 0 Å². The molecule has 2 saturated carbocycles. The van der Waals surface area contributed by atoms with Gasteiger partial charge in [-0.3, -0.25) is 4.79 Å². The average molecular weight is 703 g/mol. The molecule has 3 N–H and O–H groups in total. The number of phenolic OH excluding ortho intramolecular Hbond substituents is 1. The van der Waals surface area contributed by atoms with Crippen LogP contribution >= 0.6 is 0 Å². The van der Waals surface area contributed by atoms with Crippen LogP contribution < -0.4 is 0 Å². The van der Waals surface area contributed by atoms with Crippen LogP contribution in [0.2, 0.25) is 0 Å². The number of phenols is 1. The standard InChI is InChI=1S/C35H47F9O4/c1-31-20-23(29-25-14-12-24(45)19-22(25)11-13-26(29)27(31)15-16-28(31)46)10-8-6-4-2-3-5-7-9-21(30(47)48)17-18-32(36,37)33(38,39)34(40,41)35(42,43)44/h12,14,19,21,23,26-29,45-46H,2-11,13,15-18,20H2,1H3,(H,47,48)/t21?,23-,26-,27-,28-,29+,31-/m0/s1. The van der Waals surface area contributed by atoms with E-state index in [2.05, 4.69) is 13.0 Å². The first kappa shape index (κ1) is 38.6. The number of aryl methyl sites for hydroxylation is 1. The van der Waals surface area contributed by atoms with Gasteiger partial charge in [-0.1, -0.05) is 57.9 Å². The highest BCUT2D eigenvalue weighted by Crippen LogP contribution is 2.63. The van der Waals surface area contributed by atoms with Crippen LogP contribution in [-0.4, -0.2) is 51.3 Å². The summed E-state index contributed by atoms with van der Waals surface area (Å²) in [5.41, 5.74) is 2.44. The summed E-state index contributed by atoms with van der Waals surface area (Å²) in [6.07, 6.45) is 0.282. The van der Waals surface area contributed by atoms with Gasteiger partial charge in [0.05, 0.1) is 12.0 Å². The molecule has 4 rings (SSSR count). The number of hydrogen-bond donors (Lipinski definition) is 3. The molecule has 0 aliphatic heterocycles. The molecule has 0 heterocycles. The number of rotatable bonds is 16. The number of carboxylic acid groups (broad SMARTS) is 1. The molecule has 4 nitrogen and oxygen atoms in total. The molecule has 13 heteroatoms. The van der Waals surface area contributed by atoms with Crippen LogP contribution in [0.4, 0.5) is 39.5 Å². The van der Waals surface area contributed by atoms with E-state index < -0.39 is 48.7 Å². The molecule has 274 valence electrons. The van der Waals surface area contributed by atoms with Crippen molar-refractivity contribution in [3.05, 3.63) is 29.3 Å². The number of fused-ring (bicyclic) bond motifs is 5. The smallest absolute Gasteiger partial charge is 0.460 e. The van der Waals surface area contributed by atoms with Crippen molar-refractivity contribution in [2.75, 3.05) is 0 Å². The zero-order valence-electron chi connectivity index (χ0n) is 27.2. The fraction of sp³-hybridized carbons (Fsp3) is 0.800. The third kappa shape index (κ3) is 7.60. The van der Waals surface area contributed by atoms with Crippen LogP contribution in [0.25, 0.3) is 0 Å². The molecule has 1 aromatic carbocycles. The number of halogens is 9. The van der Waals surface area contributed by atoms with Gasteiger partial charge in [-0.25, -0.2) is 0 Å². The molecule has 0 radical (unpaired) electrons. The number of aliphatic hydroxyl groups is 1. The summed E-state index contributed by atoms with van der Waals surface area (Å²) in [5.74, 6) is -20.6. The third-order valence-electron chi connectivity index (χ3n) is 11.8. The van der Waals surface area contributed by atoms with Gasteiger partial charge in [0.25, 0.3) is 0 Å². The molecular weight excluding hydrogens is 655 g/mol. The minimum absolute atomic E-state index is 0.0982. The van der Waals surface area contributed by atoms with E-state index in [4.69, 9.17) is 0 Å². The number of unbranched alkanes of at least 4 members (excludes halogenated alkanes) is 6. The summed E-state index contributed by atoms with van der Waals surface area (Å²) in [4.78, 5) is 11.5. The van der Waals surface area contributed by atoms with Gasteiger partial charge < -0.3 is 15.3 Å². The van der Waals surface area contributed by atoms with Gasteiger partial charge in [0.15, 0.2) is 0 Å². The number of aliphatic hydroxyl groups excluding tert-OH is 1. The van der Waals surface area contributed by atoms with E-state index in [0.717, 1.165) is 64.2 Å². The first-order valence-electron chi connectivity index (χ1n) is 17.2. The molecule has 1 aromatic rings. The number of hydrogen-bond acceptors (Lipinski definition) is 3. The van der Waals surface area contributed by atoms with E-state index in [1.807, 2.05) is 6.07 Å². The van der Waals surface area contributed by atoms with Gasteiger partial charge in [0.1, 0.15) is 5.75 Å². The Morgan fingerprint density at radius 1 is 0.875 bits per heavy atom.